The molecule has 0 atom stereocenters. The van der Waals surface area contributed by atoms with E-state index in [1.165, 1.54) is 6.07 Å². The van der Waals surface area contributed by atoms with Gasteiger partial charge in [-0.2, -0.15) is 0 Å². The number of aromatic nitrogens is 2. The van der Waals surface area contributed by atoms with Gasteiger partial charge in [0.2, 0.25) is 5.95 Å². The van der Waals surface area contributed by atoms with Gasteiger partial charge in [-0.25, -0.2) is 14.8 Å². The zero-order chi connectivity index (χ0) is 14.7. The van der Waals surface area contributed by atoms with Crippen molar-refractivity contribution in [2.45, 2.75) is 13.5 Å². The number of aromatic carboxylic acids is 1. The Morgan fingerprint density at radius 3 is 2.70 bits per heavy atom. The van der Waals surface area contributed by atoms with Crippen molar-refractivity contribution in [1.82, 2.24) is 9.97 Å². The fraction of sp³-hybridized carbons (Fsp3) is 0.214. The van der Waals surface area contributed by atoms with Crippen molar-refractivity contribution in [3.63, 3.8) is 0 Å². The van der Waals surface area contributed by atoms with Gasteiger partial charge in [0, 0.05) is 23.8 Å². The number of aryl methyl sites for hydroxylation is 1. The van der Waals surface area contributed by atoms with Gasteiger partial charge < -0.3 is 10.0 Å². The third-order valence-corrected chi connectivity index (χ3v) is 3.54. The standard InChI is InChI=1S/C14H14BrN3O2/c1-9-7-12(13(19)20)17-14(16-9)18(2)8-10-5-3-4-6-11(10)15/h3-7H,8H2,1-2H3,(H,19,20). The van der Waals surface area contributed by atoms with E-state index in [1.807, 2.05) is 36.2 Å². The molecule has 2 aromatic rings. The van der Waals surface area contributed by atoms with Crippen molar-refractivity contribution >= 4 is 27.8 Å². The van der Waals surface area contributed by atoms with Crippen LogP contribution in [0.2, 0.25) is 0 Å². The van der Waals surface area contributed by atoms with Crippen molar-refractivity contribution in [2.75, 3.05) is 11.9 Å². The van der Waals surface area contributed by atoms with Crippen LogP contribution in [0.5, 0.6) is 0 Å². The molecule has 0 aliphatic heterocycles. The monoisotopic (exact) mass is 335 g/mol. The lowest BCUT2D eigenvalue weighted by molar-refractivity contribution is 0.0690. The van der Waals surface area contributed by atoms with Crippen LogP contribution in [0.25, 0.3) is 0 Å². The van der Waals surface area contributed by atoms with Crippen LogP contribution in [0.1, 0.15) is 21.7 Å². The van der Waals surface area contributed by atoms with Crippen molar-refractivity contribution in [1.29, 1.82) is 0 Å². The first-order valence-electron chi connectivity index (χ1n) is 6.01. The maximum absolute atomic E-state index is 11.0. The highest BCUT2D eigenvalue weighted by atomic mass is 79.9. The van der Waals surface area contributed by atoms with Crippen LogP contribution in [0.15, 0.2) is 34.8 Å². The van der Waals surface area contributed by atoms with Crippen molar-refractivity contribution in [2.24, 2.45) is 0 Å². The molecular formula is C14H14BrN3O2. The van der Waals surface area contributed by atoms with E-state index in [4.69, 9.17) is 5.11 Å². The summed E-state index contributed by atoms with van der Waals surface area (Å²) in [7, 11) is 1.83. The number of rotatable bonds is 4. The van der Waals surface area contributed by atoms with Crippen molar-refractivity contribution in [3.05, 3.63) is 51.8 Å². The maximum Gasteiger partial charge on any atom is 0.354 e. The van der Waals surface area contributed by atoms with Gasteiger partial charge in [0.1, 0.15) is 0 Å². The van der Waals surface area contributed by atoms with Gasteiger partial charge in [0.25, 0.3) is 0 Å². The molecule has 0 saturated heterocycles. The molecule has 0 bridgehead atoms. The minimum absolute atomic E-state index is 0.00600. The summed E-state index contributed by atoms with van der Waals surface area (Å²) < 4.78 is 0.998. The first kappa shape index (κ1) is 14.5. The molecule has 0 aliphatic carbocycles. The summed E-state index contributed by atoms with van der Waals surface area (Å²) in [6.45, 7) is 2.34. The summed E-state index contributed by atoms with van der Waals surface area (Å²) in [5.74, 6) is -0.649. The normalized spacial score (nSPS) is 10.3. The number of hydrogen-bond acceptors (Lipinski definition) is 4. The number of hydrogen-bond donors (Lipinski definition) is 1. The van der Waals surface area contributed by atoms with E-state index < -0.39 is 5.97 Å². The van der Waals surface area contributed by atoms with E-state index in [0.29, 0.717) is 18.2 Å². The minimum atomic E-state index is -1.05. The fourth-order valence-corrected chi connectivity index (χ4v) is 2.20. The molecule has 0 saturated carbocycles. The zero-order valence-electron chi connectivity index (χ0n) is 11.2. The summed E-state index contributed by atoms with van der Waals surface area (Å²) in [6, 6.07) is 9.31. The lowest BCUT2D eigenvalue weighted by atomic mass is 10.2. The van der Waals surface area contributed by atoms with Crippen molar-refractivity contribution < 1.29 is 9.90 Å². The van der Waals surface area contributed by atoms with Crippen LogP contribution in [-0.2, 0) is 6.54 Å². The fourth-order valence-electron chi connectivity index (χ4n) is 1.79. The van der Waals surface area contributed by atoms with Crippen LogP contribution in [0, 0.1) is 6.92 Å². The number of halogens is 1. The quantitative estimate of drug-likeness (QED) is 0.930. The van der Waals surface area contributed by atoms with Crippen LogP contribution in [0.4, 0.5) is 5.95 Å². The average molecular weight is 336 g/mol. The molecule has 1 aromatic carbocycles. The number of benzene rings is 1. The minimum Gasteiger partial charge on any atom is -0.477 e. The molecule has 0 radical (unpaired) electrons. The maximum atomic E-state index is 11.0. The van der Waals surface area contributed by atoms with E-state index in [9.17, 15) is 4.79 Å². The Morgan fingerprint density at radius 2 is 2.05 bits per heavy atom. The highest BCUT2D eigenvalue weighted by Gasteiger charge is 2.12. The van der Waals surface area contributed by atoms with Gasteiger partial charge in [0.05, 0.1) is 0 Å². The predicted octanol–water partition coefficient (Wildman–Crippen LogP) is 2.88. The topological polar surface area (TPSA) is 66.3 Å². The third kappa shape index (κ3) is 3.33. The Morgan fingerprint density at radius 1 is 1.35 bits per heavy atom. The summed E-state index contributed by atoms with van der Waals surface area (Å²) in [5.41, 5.74) is 1.72. The van der Waals surface area contributed by atoms with Gasteiger partial charge in [-0.1, -0.05) is 34.1 Å². The molecule has 20 heavy (non-hydrogen) atoms. The SMILES string of the molecule is Cc1cc(C(=O)O)nc(N(C)Cc2ccccc2Br)n1. The van der Waals surface area contributed by atoms with Gasteiger partial charge >= 0.3 is 5.97 Å². The van der Waals surface area contributed by atoms with Gasteiger partial charge in [-0.3, -0.25) is 0 Å². The van der Waals surface area contributed by atoms with Crippen LogP contribution < -0.4 is 4.90 Å². The molecule has 0 aliphatic rings. The smallest absolute Gasteiger partial charge is 0.354 e. The first-order chi connectivity index (χ1) is 9.47. The van der Waals surface area contributed by atoms with E-state index in [-0.39, 0.29) is 5.69 Å². The lowest BCUT2D eigenvalue weighted by Crippen LogP contribution is -2.21. The molecule has 2 rings (SSSR count). The largest absolute Gasteiger partial charge is 0.477 e. The Kier molecular flexibility index (Phi) is 4.34. The van der Waals surface area contributed by atoms with E-state index in [1.54, 1.807) is 6.92 Å². The molecule has 104 valence electrons. The number of nitrogens with zero attached hydrogens (tertiary/aromatic N) is 3. The summed E-state index contributed by atoms with van der Waals surface area (Å²) in [4.78, 5) is 21.2. The Balaban J connectivity index is 2.27. The van der Waals surface area contributed by atoms with Crippen LogP contribution in [-0.4, -0.2) is 28.1 Å². The summed E-state index contributed by atoms with van der Waals surface area (Å²) >= 11 is 3.49. The number of carboxylic acids is 1. The number of anilines is 1. The van der Waals surface area contributed by atoms with E-state index in [2.05, 4.69) is 25.9 Å². The molecule has 0 fully saturated rings. The summed E-state index contributed by atoms with van der Waals surface area (Å²) in [5, 5.41) is 9.03. The Bertz CT molecular complexity index is 646. The molecule has 6 heteroatoms. The Labute approximate surface area is 125 Å². The molecule has 1 aromatic heterocycles. The predicted molar refractivity (Wildman–Crippen MR) is 80.0 cm³/mol. The average Bonchev–Trinajstić information content (AvgIpc) is 2.40. The van der Waals surface area contributed by atoms with Crippen LogP contribution >= 0.6 is 15.9 Å². The summed E-state index contributed by atoms with van der Waals surface area (Å²) in [6.07, 6.45) is 0. The van der Waals surface area contributed by atoms with E-state index in [0.717, 1.165) is 10.0 Å². The second kappa shape index (κ2) is 6.00. The highest BCUT2D eigenvalue weighted by molar-refractivity contribution is 9.10. The highest BCUT2D eigenvalue weighted by Crippen LogP contribution is 2.19. The molecule has 1 heterocycles. The Hall–Kier alpha value is -1.95. The van der Waals surface area contributed by atoms with Crippen molar-refractivity contribution in [3.8, 4) is 0 Å². The number of carboxylic acid groups (broad SMARTS) is 1. The second-order valence-electron chi connectivity index (χ2n) is 4.45. The van der Waals surface area contributed by atoms with Gasteiger partial charge in [-0.05, 0) is 24.6 Å². The number of carbonyl (C=O) groups is 1. The van der Waals surface area contributed by atoms with Gasteiger partial charge in [-0.15, -0.1) is 0 Å². The molecule has 0 unspecified atom stereocenters. The van der Waals surface area contributed by atoms with Gasteiger partial charge in [0.15, 0.2) is 5.69 Å². The molecule has 1 N–H and O–H groups in total. The molecule has 0 amide bonds. The lowest BCUT2D eigenvalue weighted by Gasteiger charge is -2.18. The third-order valence-electron chi connectivity index (χ3n) is 2.77. The van der Waals surface area contributed by atoms with Crippen LogP contribution in [0.3, 0.4) is 0 Å². The second-order valence-corrected chi connectivity index (χ2v) is 5.30. The van der Waals surface area contributed by atoms with E-state index >= 15 is 0 Å². The molecule has 0 spiro atoms. The molecule has 5 nitrogen and oxygen atoms in total. The zero-order valence-corrected chi connectivity index (χ0v) is 12.8. The molecular weight excluding hydrogens is 322 g/mol. The first-order valence-corrected chi connectivity index (χ1v) is 6.80.